The van der Waals surface area contributed by atoms with E-state index in [-0.39, 0.29) is 11.6 Å². The van der Waals surface area contributed by atoms with Gasteiger partial charge in [-0.2, -0.15) is 0 Å². The maximum Gasteiger partial charge on any atom is 0.267 e. The summed E-state index contributed by atoms with van der Waals surface area (Å²) < 4.78 is 5.70. The van der Waals surface area contributed by atoms with Gasteiger partial charge in [-0.3, -0.25) is 14.6 Å². The van der Waals surface area contributed by atoms with Gasteiger partial charge in [0.25, 0.3) is 11.8 Å². The molecule has 0 aliphatic rings. The van der Waals surface area contributed by atoms with E-state index in [1.54, 1.807) is 0 Å². The van der Waals surface area contributed by atoms with E-state index in [1.807, 2.05) is 37.3 Å². The van der Waals surface area contributed by atoms with Gasteiger partial charge in [0, 0.05) is 30.3 Å². The van der Waals surface area contributed by atoms with E-state index in [2.05, 4.69) is 15.3 Å². The van der Waals surface area contributed by atoms with E-state index in [9.17, 15) is 9.59 Å². The third-order valence-electron chi connectivity index (χ3n) is 3.84. The Labute approximate surface area is 150 Å². The molecule has 2 aromatic heterocycles. The first-order valence-electron chi connectivity index (χ1n) is 8.10. The summed E-state index contributed by atoms with van der Waals surface area (Å²) in [5, 5.41) is 2.79. The van der Waals surface area contributed by atoms with Crippen molar-refractivity contribution in [2.75, 3.05) is 6.54 Å². The molecule has 7 nitrogen and oxygen atoms in total. The predicted octanol–water partition coefficient (Wildman–Crippen LogP) is 2.12. The van der Waals surface area contributed by atoms with E-state index < -0.39 is 5.91 Å². The van der Waals surface area contributed by atoms with Crippen LogP contribution < -0.4 is 11.1 Å². The molecule has 0 spiro atoms. The number of carbonyl (C=O) groups excluding carboxylic acids is 2. The zero-order valence-electron chi connectivity index (χ0n) is 14.2. The smallest absolute Gasteiger partial charge is 0.267 e. The third kappa shape index (κ3) is 3.94. The number of hydrogen-bond acceptors (Lipinski definition) is 5. The van der Waals surface area contributed by atoms with E-state index in [0.29, 0.717) is 24.4 Å². The highest BCUT2D eigenvalue weighted by Crippen LogP contribution is 2.21. The van der Waals surface area contributed by atoms with Gasteiger partial charge in [0.15, 0.2) is 0 Å². The molecule has 2 heterocycles. The van der Waals surface area contributed by atoms with E-state index in [4.69, 9.17) is 10.2 Å². The van der Waals surface area contributed by atoms with Gasteiger partial charge in [-0.05, 0) is 31.2 Å². The van der Waals surface area contributed by atoms with Gasteiger partial charge in [-0.25, -0.2) is 4.98 Å². The van der Waals surface area contributed by atoms with Gasteiger partial charge in [-0.15, -0.1) is 0 Å². The fourth-order valence-corrected chi connectivity index (χ4v) is 2.47. The van der Waals surface area contributed by atoms with Crippen molar-refractivity contribution in [3.05, 3.63) is 71.4 Å². The number of rotatable bonds is 6. The molecule has 26 heavy (non-hydrogen) atoms. The Balaban J connectivity index is 1.62. The van der Waals surface area contributed by atoms with Gasteiger partial charge in [-0.1, -0.05) is 18.2 Å². The predicted molar refractivity (Wildman–Crippen MR) is 95.5 cm³/mol. The maximum absolute atomic E-state index is 12.2. The SMILES string of the molecule is Cc1oc(-c2ccccc2)nc1CCNC(=O)c1ccnc(C(N)=O)c1. The number of primary amides is 1. The van der Waals surface area contributed by atoms with Crippen LogP contribution in [-0.2, 0) is 6.42 Å². The Kier molecular flexibility index (Phi) is 5.07. The minimum absolute atomic E-state index is 0.0532. The molecule has 0 saturated carbocycles. The van der Waals surface area contributed by atoms with Gasteiger partial charge in [0.05, 0.1) is 5.69 Å². The number of aryl methyl sites for hydroxylation is 1. The second-order valence-corrected chi connectivity index (χ2v) is 5.69. The highest BCUT2D eigenvalue weighted by atomic mass is 16.4. The quantitative estimate of drug-likeness (QED) is 0.707. The van der Waals surface area contributed by atoms with Crippen molar-refractivity contribution >= 4 is 11.8 Å². The lowest BCUT2D eigenvalue weighted by Gasteiger charge is -2.05. The van der Waals surface area contributed by atoms with Crippen LogP contribution in [0.4, 0.5) is 0 Å². The van der Waals surface area contributed by atoms with Crippen molar-refractivity contribution in [3.8, 4) is 11.5 Å². The summed E-state index contributed by atoms with van der Waals surface area (Å²) in [6.45, 7) is 2.23. The molecular formula is C19H18N4O3. The van der Waals surface area contributed by atoms with Crippen LogP contribution in [-0.4, -0.2) is 28.3 Å². The zero-order valence-corrected chi connectivity index (χ0v) is 14.2. The lowest BCUT2D eigenvalue weighted by molar-refractivity contribution is 0.0954. The number of nitrogens with two attached hydrogens (primary N) is 1. The Hall–Kier alpha value is -3.48. The van der Waals surface area contributed by atoms with Gasteiger partial charge < -0.3 is 15.5 Å². The summed E-state index contributed by atoms with van der Waals surface area (Å²) in [4.78, 5) is 31.6. The van der Waals surface area contributed by atoms with Crippen LogP contribution in [0.15, 0.2) is 53.1 Å². The normalized spacial score (nSPS) is 10.5. The summed E-state index contributed by atoms with van der Waals surface area (Å²) in [5.41, 5.74) is 7.25. The molecule has 0 bridgehead atoms. The molecule has 0 radical (unpaired) electrons. The number of hydrogen-bond donors (Lipinski definition) is 2. The van der Waals surface area contributed by atoms with Crippen molar-refractivity contribution in [1.29, 1.82) is 0 Å². The van der Waals surface area contributed by atoms with Crippen molar-refractivity contribution in [2.24, 2.45) is 5.73 Å². The fraction of sp³-hybridized carbons (Fsp3) is 0.158. The second-order valence-electron chi connectivity index (χ2n) is 5.69. The standard InChI is InChI=1S/C19H18N4O3/c1-12-15(23-19(26-12)13-5-3-2-4-6-13)8-10-22-18(25)14-7-9-21-16(11-14)17(20)24/h2-7,9,11H,8,10H2,1H3,(H2,20,24)(H,22,25). The summed E-state index contributed by atoms with van der Waals surface area (Å²) in [6.07, 6.45) is 1.91. The molecular weight excluding hydrogens is 332 g/mol. The number of carbonyl (C=O) groups is 2. The average Bonchev–Trinajstić information content (AvgIpc) is 3.03. The largest absolute Gasteiger partial charge is 0.441 e. The number of pyridine rings is 1. The monoisotopic (exact) mass is 350 g/mol. The lowest BCUT2D eigenvalue weighted by Crippen LogP contribution is -2.26. The number of nitrogens with zero attached hydrogens (tertiary/aromatic N) is 2. The third-order valence-corrected chi connectivity index (χ3v) is 3.84. The number of aromatic nitrogens is 2. The maximum atomic E-state index is 12.2. The molecule has 1 aromatic carbocycles. The molecule has 7 heteroatoms. The van der Waals surface area contributed by atoms with Crippen LogP contribution in [0.5, 0.6) is 0 Å². The minimum Gasteiger partial charge on any atom is -0.441 e. The summed E-state index contributed by atoms with van der Waals surface area (Å²) in [5.74, 6) is 0.299. The first-order valence-corrected chi connectivity index (χ1v) is 8.10. The molecule has 0 aliphatic carbocycles. The molecule has 2 amide bonds. The summed E-state index contributed by atoms with van der Waals surface area (Å²) in [7, 11) is 0. The molecule has 3 rings (SSSR count). The molecule has 0 atom stereocenters. The van der Waals surface area contributed by atoms with Crippen molar-refractivity contribution in [3.63, 3.8) is 0 Å². The summed E-state index contributed by atoms with van der Waals surface area (Å²) >= 11 is 0. The second kappa shape index (κ2) is 7.60. The molecule has 0 aliphatic heterocycles. The fourth-order valence-electron chi connectivity index (χ4n) is 2.47. The molecule has 0 saturated heterocycles. The van der Waals surface area contributed by atoms with Crippen molar-refractivity contribution in [2.45, 2.75) is 13.3 Å². The number of benzene rings is 1. The van der Waals surface area contributed by atoms with Crippen molar-refractivity contribution in [1.82, 2.24) is 15.3 Å². The van der Waals surface area contributed by atoms with E-state index in [0.717, 1.165) is 17.0 Å². The van der Waals surface area contributed by atoms with E-state index in [1.165, 1.54) is 18.3 Å². The molecule has 0 unspecified atom stereocenters. The van der Waals surface area contributed by atoms with Crippen LogP contribution >= 0.6 is 0 Å². The van der Waals surface area contributed by atoms with Crippen molar-refractivity contribution < 1.29 is 14.0 Å². The van der Waals surface area contributed by atoms with Gasteiger partial charge >= 0.3 is 0 Å². The molecule has 3 aromatic rings. The van der Waals surface area contributed by atoms with Crippen LogP contribution in [0.3, 0.4) is 0 Å². The van der Waals surface area contributed by atoms with Crippen LogP contribution in [0.2, 0.25) is 0 Å². The van der Waals surface area contributed by atoms with Crippen LogP contribution in [0.25, 0.3) is 11.5 Å². The molecule has 0 fully saturated rings. The molecule has 132 valence electrons. The topological polar surface area (TPSA) is 111 Å². The summed E-state index contributed by atoms with van der Waals surface area (Å²) in [6, 6.07) is 12.5. The Morgan fingerprint density at radius 2 is 1.96 bits per heavy atom. The minimum atomic E-state index is -0.675. The van der Waals surface area contributed by atoms with Crippen LogP contribution in [0.1, 0.15) is 32.3 Å². The zero-order chi connectivity index (χ0) is 18.5. The van der Waals surface area contributed by atoms with E-state index >= 15 is 0 Å². The Morgan fingerprint density at radius 3 is 2.69 bits per heavy atom. The van der Waals surface area contributed by atoms with Gasteiger partial charge in [0.1, 0.15) is 11.5 Å². The highest BCUT2D eigenvalue weighted by molar-refractivity contribution is 5.97. The first kappa shape index (κ1) is 17.3. The average molecular weight is 350 g/mol. The Bertz CT molecular complexity index is 935. The number of nitrogens with one attached hydrogen (secondary N) is 1. The Morgan fingerprint density at radius 1 is 1.19 bits per heavy atom. The lowest BCUT2D eigenvalue weighted by atomic mass is 10.2. The van der Waals surface area contributed by atoms with Crippen LogP contribution in [0, 0.1) is 6.92 Å². The number of amides is 2. The highest BCUT2D eigenvalue weighted by Gasteiger charge is 2.13. The first-order chi connectivity index (χ1) is 12.5. The van der Waals surface area contributed by atoms with Gasteiger partial charge in [0.2, 0.25) is 5.89 Å². The number of oxazole rings is 1. The molecule has 3 N–H and O–H groups in total.